The molecule has 0 radical (unpaired) electrons. The van der Waals surface area contributed by atoms with Crippen molar-refractivity contribution in [2.24, 2.45) is 0 Å². The van der Waals surface area contributed by atoms with Crippen molar-refractivity contribution in [2.75, 3.05) is 32.0 Å². The summed E-state index contributed by atoms with van der Waals surface area (Å²) in [5, 5.41) is 0. The molecule has 4 heteroatoms. The molecule has 0 aliphatic carbocycles. The van der Waals surface area contributed by atoms with Gasteiger partial charge in [-0.2, -0.15) is 0 Å². The maximum Gasteiger partial charge on any atom is 0.254 e. The van der Waals surface area contributed by atoms with Gasteiger partial charge in [-0.25, -0.2) is 0 Å². The van der Waals surface area contributed by atoms with Crippen LogP contribution < -0.4 is 5.73 Å². The topological polar surface area (TPSA) is 55.6 Å². The quantitative estimate of drug-likeness (QED) is 0.631. The van der Waals surface area contributed by atoms with Crippen molar-refractivity contribution in [3.05, 3.63) is 29.3 Å². The van der Waals surface area contributed by atoms with Gasteiger partial charge in [-0.05, 0) is 30.5 Å². The summed E-state index contributed by atoms with van der Waals surface area (Å²) in [6, 6.07) is 5.59. The van der Waals surface area contributed by atoms with Crippen molar-refractivity contribution in [2.45, 2.75) is 26.2 Å². The summed E-state index contributed by atoms with van der Waals surface area (Å²) in [5.74, 6) is 0.0765. The molecule has 0 aromatic heterocycles. The van der Waals surface area contributed by atoms with E-state index in [0.29, 0.717) is 18.8 Å². The zero-order chi connectivity index (χ0) is 13.7. The SMILES string of the molecule is CCCCOCCN1CCc2ccc(N)cc2C1=O. The van der Waals surface area contributed by atoms with Gasteiger partial charge in [0.05, 0.1) is 6.61 Å². The lowest BCUT2D eigenvalue weighted by Gasteiger charge is -2.28. The molecule has 2 rings (SSSR count). The number of nitrogen functional groups attached to an aromatic ring is 1. The van der Waals surface area contributed by atoms with E-state index in [-0.39, 0.29) is 5.91 Å². The lowest BCUT2D eigenvalue weighted by molar-refractivity contribution is 0.0622. The highest BCUT2D eigenvalue weighted by Gasteiger charge is 2.23. The predicted octanol–water partition coefficient (Wildman–Crippen LogP) is 2.08. The average molecular weight is 262 g/mol. The van der Waals surface area contributed by atoms with E-state index in [2.05, 4.69) is 6.92 Å². The standard InChI is InChI=1S/C15H22N2O2/c1-2-3-9-19-10-8-17-7-6-12-4-5-13(16)11-14(12)15(17)18/h4-5,11H,2-3,6-10,16H2,1H3. The number of fused-ring (bicyclic) bond motifs is 1. The summed E-state index contributed by atoms with van der Waals surface area (Å²) in [5.41, 5.74) is 8.24. The van der Waals surface area contributed by atoms with E-state index in [0.717, 1.165) is 43.5 Å². The largest absolute Gasteiger partial charge is 0.399 e. The second kappa shape index (κ2) is 6.57. The molecule has 1 amide bonds. The molecule has 0 saturated carbocycles. The van der Waals surface area contributed by atoms with Crippen LogP contribution in [0.15, 0.2) is 18.2 Å². The lowest BCUT2D eigenvalue weighted by atomic mass is 9.98. The van der Waals surface area contributed by atoms with Gasteiger partial charge in [-0.1, -0.05) is 19.4 Å². The Morgan fingerprint density at radius 3 is 3.00 bits per heavy atom. The monoisotopic (exact) mass is 262 g/mol. The molecule has 1 aromatic carbocycles. The van der Waals surface area contributed by atoms with Gasteiger partial charge in [-0.15, -0.1) is 0 Å². The van der Waals surface area contributed by atoms with E-state index in [9.17, 15) is 4.79 Å². The second-order valence-corrected chi connectivity index (χ2v) is 4.92. The van der Waals surface area contributed by atoms with Crippen LogP contribution in [0.5, 0.6) is 0 Å². The highest BCUT2D eigenvalue weighted by atomic mass is 16.5. The van der Waals surface area contributed by atoms with E-state index < -0.39 is 0 Å². The predicted molar refractivity (Wildman–Crippen MR) is 76.2 cm³/mol. The van der Waals surface area contributed by atoms with Crippen LogP contribution in [0.25, 0.3) is 0 Å². The van der Waals surface area contributed by atoms with Gasteiger partial charge in [0.1, 0.15) is 0 Å². The summed E-state index contributed by atoms with van der Waals surface area (Å²) >= 11 is 0. The number of unbranched alkanes of at least 4 members (excludes halogenated alkanes) is 1. The van der Waals surface area contributed by atoms with Crippen LogP contribution in [0, 0.1) is 0 Å². The first-order valence-electron chi connectivity index (χ1n) is 6.97. The Hall–Kier alpha value is -1.55. The maximum absolute atomic E-state index is 12.3. The molecule has 1 aliphatic heterocycles. The molecule has 2 N–H and O–H groups in total. The number of hydrogen-bond donors (Lipinski definition) is 1. The number of carbonyl (C=O) groups excluding carboxylic acids is 1. The Kier molecular flexibility index (Phi) is 4.80. The normalized spacial score (nSPS) is 14.6. The Labute approximate surface area is 114 Å². The van der Waals surface area contributed by atoms with Crippen molar-refractivity contribution < 1.29 is 9.53 Å². The fraction of sp³-hybridized carbons (Fsp3) is 0.533. The Morgan fingerprint density at radius 1 is 1.37 bits per heavy atom. The van der Waals surface area contributed by atoms with Crippen LogP contribution >= 0.6 is 0 Å². The van der Waals surface area contributed by atoms with Crippen LogP contribution in [0.4, 0.5) is 5.69 Å². The minimum atomic E-state index is 0.0765. The van der Waals surface area contributed by atoms with Crippen molar-refractivity contribution >= 4 is 11.6 Å². The van der Waals surface area contributed by atoms with E-state index in [1.807, 2.05) is 17.0 Å². The summed E-state index contributed by atoms with van der Waals surface area (Å²) in [4.78, 5) is 14.2. The minimum absolute atomic E-state index is 0.0765. The molecule has 1 aromatic rings. The fourth-order valence-corrected chi connectivity index (χ4v) is 2.28. The molecule has 0 bridgehead atoms. The molecule has 0 fully saturated rings. The van der Waals surface area contributed by atoms with Crippen LogP contribution in [0.2, 0.25) is 0 Å². The van der Waals surface area contributed by atoms with Crippen molar-refractivity contribution in [1.82, 2.24) is 4.90 Å². The van der Waals surface area contributed by atoms with Crippen LogP contribution in [0.1, 0.15) is 35.7 Å². The zero-order valence-corrected chi connectivity index (χ0v) is 11.5. The van der Waals surface area contributed by atoms with Crippen LogP contribution in [-0.4, -0.2) is 37.1 Å². The molecule has 4 nitrogen and oxygen atoms in total. The first-order chi connectivity index (χ1) is 9.22. The van der Waals surface area contributed by atoms with Gasteiger partial charge >= 0.3 is 0 Å². The second-order valence-electron chi connectivity index (χ2n) is 4.92. The number of amides is 1. The molecule has 104 valence electrons. The van der Waals surface area contributed by atoms with Gasteiger partial charge in [-0.3, -0.25) is 4.79 Å². The van der Waals surface area contributed by atoms with Crippen LogP contribution in [-0.2, 0) is 11.2 Å². The van der Waals surface area contributed by atoms with E-state index in [1.165, 1.54) is 0 Å². The third kappa shape index (κ3) is 3.47. The molecular weight excluding hydrogens is 240 g/mol. The van der Waals surface area contributed by atoms with E-state index >= 15 is 0 Å². The number of anilines is 1. The van der Waals surface area contributed by atoms with Crippen molar-refractivity contribution in [3.8, 4) is 0 Å². The molecule has 1 heterocycles. The van der Waals surface area contributed by atoms with Crippen LogP contribution in [0.3, 0.4) is 0 Å². The van der Waals surface area contributed by atoms with Crippen molar-refractivity contribution in [1.29, 1.82) is 0 Å². The van der Waals surface area contributed by atoms with Gasteiger partial charge < -0.3 is 15.4 Å². The highest BCUT2D eigenvalue weighted by molar-refractivity contribution is 5.97. The average Bonchev–Trinajstić information content (AvgIpc) is 2.41. The Balaban J connectivity index is 1.90. The number of nitrogens with two attached hydrogens (primary N) is 1. The maximum atomic E-state index is 12.3. The number of benzene rings is 1. The van der Waals surface area contributed by atoms with E-state index in [1.54, 1.807) is 6.07 Å². The highest BCUT2D eigenvalue weighted by Crippen LogP contribution is 2.21. The first kappa shape index (κ1) is 13.9. The first-order valence-corrected chi connectivity index (χ1v) is 6.97. The van der Waals surface area contributed by atoms with E-state index in [4.69, 9.17) is 10.5 Å². The fourth-order valence-electron chi connectivity index (χ4n) is 2.28. The summed E-state index contributed by atoms with van der Waals surface area (Å²) < 4.78 is 5.52. The molecule has 19 heavy (non-hydrogen) atoms. The molecule has 1 aliphatic rings. The lowest BCUT2D eigenvalue weighted by Crippen LogP contribution is -2.39. The number of rotatable bonds is 6. The summed E-state index contributed by atoms with van der Waals surface area (Å²) in [6.45, 7) is 4.97. The molecule has 0 atom stereocenters. The third-order valence-corrected chi connectivity index (χ3v) is 3.45. The Bertz CT molecular complexity index is 446. The third-order valence-electron chi connectivity index (χ3n) is 3.45. The summed E-state index contributed by atoms with van der Waals surface area (Å²) in [7, 11) is 0. The smallest absolute Gasteiger partial charge is 0.254 e. The van der Waals surface area contributed by atoms with Gasteiger partial charge in [0.15, 0.2) is 0 Å². The number of hydrogen-bond acceptors (Lipinski definition) is 3. The minimum Gasteiger partial charge on any atom is -0.399 e. The van der Waals surface area contributed by atoms with Gasteiger partial charge in [0.25, 0.3) is 5.91 Å². The number of nitrogens with zero attached hydrogens (tertiary/aromatic N) is 1. The van der Waals surface area contributed by atoms with Crippen molar-refractivity contribution in [3.63, 3.8) is 0 Å². The summed E-state index contributed by atoms with van der Waals surface area (Å²) in [6.07, 6.45) is 3.11. The number of ether oxygens (including phenoxy) is 1. The van der Waals surface area contributed by atoms with Gasteiger partial charge in [0.2, 0.25) is 0 Å². The Morgan fingerprint density at radius 2 is 2.21 bits per heavy atom. The molecule has 0 unspecified atom stereocenters. The van der Waals surface area contributed by atoms with Gasteiger partial charge in [0, 0.05) is 30.9 Å². The molecule has 0 spiro atoms. The molecular formula is C15H22N2O2. The number of carbonyl (C=O) groups is 1. The molecule has 0 saturated heterocycles. The zero-order valence-electron chi connectivity index (χ0n) is 11.5.